The van der Waals surface area contributed by atoms with Gasteiger partial charge in [0.05, 0.1) is 30.7 Å². The summed E-state index contributed by atoms with van der Waals surface area (Å²) in [7, 11) is -3.84. The number of hydrogen-bond donors (Lipinski definition) is 1. The van der Waals surface area contributed by atoms with Gasteiger partial charge in [-0.05, 0) is 79.0 Å². The Labute approximate surface area is 259 Å². The van der Waals surface area contributed by atoms with Crippen LogP contribution in [0.15, 0.2) is 69.7 Å². The van der Waals surface area contributed by atoms with Crippen LogP contribution in [0, 0.1) is 6.92 Å². The fourth-order valence-corrected chi connectivity index (χ4v) is 9.49. The van der Waals surface area contributed by atoms with E-state index in [9.17, 15) is 18.3 Å². The zero-order valence-electron chi connectivity index (χ0n) is 25.1. The first-order valence-corrected chi connectivity index (χ1v) is 17.4. The van der Waals surface area contributed by atoms with Gasteiger partial charge in [-0.15, -0.1) is 0 Å². The number of fused-ring (bicyclic) bond motifs is 8. The molecule has 4 heterocycles. The molecule has 0 saturated heterocycles. The van der Waals surface area contributed by atoms with Crippen LogP contribution in [0.4, 0.5) is 5.69 Å². The van der Waals surface area contributed by atoms with Crippen LogP contribution >= 0.6 is 0 Å². The van der Waals surface area contributed by atoms with E-state index in [4.69, 9.17) is 4.74 Å². The van der Waals surface area contributed by atoms with E-state index in [-0.39, 0.29) is 29.5 Å². The van der Waals surface area contributed by atoms with Crippen molar-refractivity contribution in [2.24, 2.45) is 10.2 Å². The van der Waals surface area contributed by atoms with Gasteiger partial charge in [-0.25, -0.2) is 8.42 Å². The summed E-state index contributed by atoms with van der Waals surface area (Å²) >= 11 is 0. The number of aryl methyl sites for hydroxylation is 1. The molecule has 8 bridgehead atoms. The third-order valence-electron chi connectivity index (χ3n) is 10.00. The van der Waals surface area contributed by atoms with Crippen LogP contribution < -0.4 is 4.74 Å². The monoisotopic (exact) mass is 613 g/mol. The molecule has 9 heteroatoms. The molecule has 5 atom stereocenters. The molecule has 0 spiro atoms. The van der Waals surface area contributed by atoms with E-state index >= 15 is 0 Å². The molecule has 8 rings (SSSR count). The van der Waals surface area contributed by atoms with Crippen molar-refractivity contribution in [2.75, 3.05) is 6.54 Å². The van der Waals surface area contributed by atoms with Crippen LogP contribution in [-0.4, -0.2) is 36.4 Å². The summed E-state index contributed by atoms with van der Waals surface area (Å²) in [4.78, 5) is 12.4. The number of rotatable bonds is 2. The highest BCUT2D eigenvalue weighted by Gasteiger charge is 2.42. The molecule has 4 unspecified atom stereocenters. The molecule has 230 valence electrons. The Morgan fingerprint density at radius 3 is 2.57 bits per heavy atom. The van der Waals surface area contributed by atoms with Crippen molar-refractivity contribution in [3.63, 3.8) is 0 Å². The Morgan fingerprint density at radius 2 is 1.73 bits per heavy atom. The van der Waals surface area contributed by atoms with Crippen LogP contribution in [0.2, 0.25) is 0 Å². The molecule has 8 nitrogen and oxygen atoms in total. The molecule has 3 aromatic carbocycles. The van der Waals surface area contributed by atoms with Crippen molar-refractivity contribution in [1.29, 1.82) is 0 Å². The molecule has 44 heavy (non-hydrogen) atoms. The third-order valence-corrected chi connectivity index (χ3v) is 11.9. The van der Waals surface area contributed by atoms with E-state index in [1.165, 1.54) is 0 Å². The number of carboxylic acid groups (broad SMARTS) is 1. The molecule has 0 aromatic heterocycles. The molecule has 1 N–H and O–H groups in total. The first-order valence-electron chi connectivity index (χ1n) is 16.0. The second-order valence-electron chi connectivity index (χ2n) is 12.7. The predicted octanol–water partition coefficient (Wildman–Crippen LogP) is 7.92. The predicted molar refractivity (Wildman–Crippen MR) is 167 cm³/mol. The largest absolute Gasteiger partial charge is 0.488 e. The van der Waals surface area contributed by atoms with Crippen LogP contribution in [-0.2, 0) is 21.2 Å². The van der Waals surface area contributed by atoms with Crippen LogP contribution in [0.25, 0.3) is 0 Å². The second kappa shape index (κ2) is 11.7. The fraction of sp³-hybridized carbons (Fsp3) is 0.457. The number of sulfonamides is 1. The maximum atomic E-state index is 14.3. The first-order chi connectivity index (χ1) is 21.3. The topological polar surface area (TPSA) is 109 Å². The summed E-state index contributed by atoms with van der Waals surface area (Å²) in [5.41, 5.74) is 6.86. The molecule has 0 fully saturated rings. The number of hydrogen-bond acceptors (Lipinski definition) is 6. The Hall–Kier alpha value is -3.56. The Morgan fingerprint density at radius 1 is 0.955 bits per heavy atom. The number of azo groups is 1. The van der Waals surface area contributed by atoms with E-state index in [1.54, 1.807) is 22.5 Å². The summed E-state index contributed by atoms with van der Waals surface area (Å²) in [6, 6.07) is 17.0. The molecule has 4 aliphatic heterocycles. The Balaban J connectivity index is 1.35. The van der Waals surface area contributed by atoms with Crippen molar-refractivity contribution in [3.05, 3.63) is 88.0 Å². The molecule has 0 radical (unpaired) electrons. The van der Waals surface area contributed by atoms with Crippen molar-refractivity contribution >= 4 is 21.7 Å². The van der Waals surface area contributed by atoms with Gasteiger partial charge in [0.2, 0.25) is 10.0 Å². The van der Waals surface area contributed by atoms with Gasteiger partial charge in [0.1, 0.15) is 16.7 Å². The quantitative estimate of drug-likeness (QED) is 0.316. The number of nitrogens with zero attached hydrogens (tertiary/aromatic N) is 3. The summed E-state index contributed by atoms with van der Waals surface area (Å²) < 4.78 is 36.6. The summed E-state index contributed by atoms with van der Waals surface area (Å²) in [6.45, 7) is 2.31. The molecule has 0 amide bonds. The van der Waals surface area contributed by atoms with Gasteiger partial charge in [-0.3, -0.25) is 4.79 Å². The van der Waals surface area contributed by atoms with Crippen molar-refractivity contribution < 1.29 is 23.1 Å². The highest BCUT2D eigenvalue weighted by Crippen LogP contribution is 2.47. The highest BCUT2D eigenvalue weighted by molar-refractivity contribution is 7.89. The number of carboxylic acids is 1. The SMILES string of the molecule is Cc1c2ccc3c1N=NC3CCCCCCC[C@H]1CN(C3CCc4ccc(cc43)C2CC(=O)O)S(=O)(=O)c2ccccc2O1. The van der Waals surface area contributed by atoms with E-state index in [2.05, 4.69) is 34.5 Å². The van der Waals surface area contributed by atoms with Crippen LogP contribution in [0.3, 0.4) is 0 Å². The maximum Gasteiger partial charge on any atom is 0.304 e. The number of aliphatic carboxylic acids is 1. The highest BCUT2D eigenvalue weighted by atomic mass is 32.2. The minimum Gasteiger partial charge on any atom is -0.488 e. The van der Waals surface area contributed by atoms with Gasteiger partial charge in [-0.1, -0.05) is 68.1 Å². The Kier molecular flexibility index (Phi) is 7.79. The second-order valence-corrected chi connectivity index (χ2v) is 14.6. The number of para-hydroxylation sites is 1. The normalized spacial score (nSPS) is 27.2. The fourth-order valence-electron chi connectivity index (χ4n) is 7.70. The molecule has 0 saturated carbocycles. The smallest absolute Gasteiger partial charge is 0.304 e. The summed E-state index contributed by atoms with van der Waals surface area (Å²) in [6.07, 6.45) is 8.15. The zero-order chi connectivity index (χ0) is 30.4. The molecular formula is C35H39N3O5S. The molecule has 3 aromatic rings. The molecule has 1 aliphatic carbocycles. The minimum absolute atomic E-state index is 0.0504. The number of carbonyl (C=O) groups is 1. The van der Waals surface area contributed by atoms with E-state index in [1.807, 2.05) is 19.1 Å². The van der Waals surface area contributed by atoms with E-state index in [0.29, 0.717) is 18.7 Å². The lowest BCUT2D eigenvalue weighted by Gasteiger charge is -2.30. The summed E-state index contributed by atoms with van der Waals surface area (Å²) in [5.74, 6) is -0.856. The van der Waals surface area contributed by atoms with Gasteiger partial charge in [0.15, 0.2) is 0 Å². The van der Waals surface area contributed by atoms with Crippen LogP contribution in [0.1, 0.15) is 109 Å². The van der Waals surface area contributed by atoms with E-state index in [0.717, 1.165) is 90.4 Å². The third kappa shape index (κ3) is 5.24. The zero-order valence-corrected chi connectivity index (χ0v) is 25.9. The van der Waals surface area contributed by atoms with Crippen molar-refractivity contribution in [2.45, 2.75) is 100 Å². The van der Waals surface area contributed by atoms with Gasteiger partial charge in [-0.2, -0.15) is 14.5 Å². The first kappa shape index (κ1) is 29.2. The maximum absolute atomic E-state index is 14.3. The minimum atomic E-state index is -3.84. The van der Waals surface area contributed by atoms with Crippen molar-refractivity contribution in [1.82, 2.24) is 4.31 Å². The van der Waals surface area contributed by atoms with Gasteiger partial charge in [0.25, 0.3) is 0 Å². The molecular weight excluding hydrogens is 574 g/mol. The van der Waals surface area contributed by atoms with Gasteiger partial charge >= 0.3 is 5.97 Å². The standard InChI is InChI=1S/C35H39N3O5S/c1-22-26-16-17-27-30(36-37-35(22)27)10-6-4-2-3-5-9-25-21-38(44(41,42)33-12-8-7-11-32(33)43-25)31-18-15-23-13-14-24(19-29(23)31)28(26)20-34(39)40/h7-8,11-14,16-17,19,25,28,30-31H,2-6,9-10,15,18,20-21H2,1H3,(H,39,40)/t25-,28?,30?,31?/m0/s1. The number of benzene rings is 3. The lowest BCUT2D eigenvalue weighted by atomic mass is 9.83. The van der Waals surface area contributed by atoms with Gasteiger partial charge < -0.3 is 9.84 Å². The average Bonchev–Trinajstić information content (AvgIpc) is 3.59. The number of ether oxygens (including phenoxy) is 1. The van der Waals surface area contributed by atoms with Crippen molar-refractivity contribution in [3.8, 4) is 5.75 Å². The summed E-state index contributed by atoms with van der Waals surface area (Å²) in [5, 5.41) is 19.2. The van der Waals surface area contributed by atoms with Gasteiger partial charge in [0, 0.05) is 11.5 Å². The van der Waals surface area contributed by atoms with E-state index < -0.39 is 21.9 Å². The Bertz CT molecular complexity index is 1740. The lowest BCUT2D eigenvalue weighted by Crippen LogP contribution is -2.39. The molecule has 5 aliphatic rings. The average molecular weight is 614 g/mol. The lowest BCUT2D eigenvalue weighted by molar-refractivity contribution is -0.137. The van der Waals surface area contributed by atoms with Crippen LogP contribution in [0.5, 0.6) is 5.75 Å².